The normalized spacial score (nSPS) is 15.2. The standard InChI is InChI=1S/C36H42N4O9S2/c1-8-21(2)39(35(44)47-19-36(3,4)51-50-20-41)28-17-32(30(46-7)15-25(28)33(42)37-5)49-48-31-16-26-24(14-29(31)45-6)34(43)40-23(18-38-26)13-22-11-9-10-12-27(22)40/h9-12,14-18,21,23,41H,8,13,19-20H2,1-7H3,(H,37,42)/t21?,23-/m0/s1. The quantitative estimate of drug-likeness (QED) is 0.0800. The van der Waals surface area contributed by atoms with Gasteiger partial charge in [-0.2, -0.15) is 0 Å². The van der Waals surface area contributed by atoms with E-state index < -0.39 is 22.8 Å². The molecule has 1 unspecified atom stereocenters. The first-order valence-electron chi connectivity index (χ1n) is 16.3. The van der Waals surface area contributed by atoms with E-state index in [4.69, 9.17) is 24.0 Å². The number of anilines is 2. The Morgan fingerprint density at radius 2 is 1.76 bits per heavy atom. The van der Waals surface area contributed by atoms with Gasteiger partial charge in [-0.3, -0.25) is 34.2 Å². The van der Waals surface area contributed by atoms with Crippen molar-refractivity contribution in [2.45, 2.75) is 57.4 Å². The summed E-state index contributed by atoms with van der Waals surface area (Å²) >= 11 is 0. The number of nitrogens with zero attached hydrogens (tertiary/aromatic N) is 3. The third kappa shape index (κ3) is 8.00. The molecule has 13 nitrogen and oxygen atoms in total. The Morgan fingerprint density at radius 3 is 2.43 bits per heavy atom. The van der Waals surface area contributed by atoms with E-state index in [2.05, 4.69) is 10.3 Å². The number of carbonyl (C=O) groups excluding carboxylic acids is 3. The fraction of sp³-hybridized carbons (Fsp3) is 0.389. The van der Waals surface area contributed by atoms with Crippen LogP contribution in [0.4, 0.5) is 21.9 Å². The van der Waals surface area contributed by atoms with Crippen LogP contribution < -0.4 is 34.4 Å². The molecule has 0 bridgehead atoms. The number of hydrogen-bond donors (Lipinski definition) is 2. The summed E-state index contributed by atoms with van der Waals surface area (Å²) in [5.74, 6) is -0.227. The van der Waals surface area contributed by atoms with Gasteiger partial charge >= 0.3 is 6.09 Å². The number of methoxy groups -OCH3 is 2. The minimum atomic E-state index is -0.674. The molecule has 272 valence electrons. The number of hydrogen-bond acceptors (Lipinski definition) is 12. The van der Waals surface area contributed by atoms with Crippen LogP contribution in [-0.2, 0) is 11.2 Å². The molecule has 2 heterocycles. The molecule has 3 amide bonds. The van der Waals surface area contributed by atoms with E-state index in [0.717, 1.165) is 11.3 Å². The van der Waals surface area contributed by atoms with Gasteiger partial charge in [0.25, 0.3) is 11.8 Å². The lowest BCUT2D eigenvalue weighted by molar-refractivity contribution is -0.103. The molecular formula is C36H42N4O9S2. The molecule has 0 saturated heterocycles. The molecular weight excluding hydrogens is 697 g/mol. The maximum Gasteiger partial charge on any atom is 0.414 e. The SMILES string of the molecule is CCC(C)N(C(=O)OCC(C)(C)SSCO)c1cc(OOc2cc3c(cc2OC)C(=O)N2c4ccccc4C[C@H]2C=N3)c(OC)cc1C(=O)NC. The van der Waals surface area contributed by atoms with E-state index in [9.17, 15) is 19.5 Å². The fourth-order valence-corrected chi connectivity index (χ4v) is 7.47. The Hall–Kier alpha value is -4.60. The molecule has 0 radical (unpaired) electrons. The van der Waals surface area contributed by atoms with Crippen molar-refractivity contribution in [1.29, 1.82) is 0 Å². The third-order valence-electron chi connectivity index (χ3n) is 8.47. The second-order valence-electron chi connectivity index (χ2n) is 12.4. The van der Waals surface area contributed by atoms with Crippen LogP contribution in [0.2, 0.25) is 0 Å². The molecule has 51 heavy (non-hydrogen) atoms. The molecule has 0 fully saturated rings. The molecule has 3 aromatic carbocycles. The molecule has 15 heteroatoms. The average Bonchev–Trinajstić information content (AvgIpc) is 3.46. The smallest absolute Gasteiger partial charge is 0.414 e. The van der Waals surface area contributed by atoms with Crippen molar-refractivity contribution in [2.75, 3.05) is 43.6 Å². The van der Waals surface area contributed by atoms with Crippen LogP contribution >= 0.6 is 21.6 Å². The first-order chi connectivity index (χ1) is 24.5. The predicted octanol–water partition coefficient (Wildman–Crippen LogP) is 6.57. The van der Waals surface area contributed by atoms with Crippen molar-refractivity contribution < 1.29 is 43.5 Å². The van der Waals surface area contributed by atoms with Crippen LogP contribution in [0.15, 0.2) is 53.5 Å². The number of para-hydroxylation sites is 1. The Bertz CT molecular complexity index is 1820. The number of carbonyl (C=O) groups is 3. The molecule has 2 aliphatic heterocycles. The van der Waals surface area contributed by atoms with E-state index >= 15 is 0 Å². The number of aliphatic imine (C=N–C) groups is 1. The Labute approximate surface area is 304 Å². The number of fused-ring (bicyclic) bond motifs is 4. The van der Waals surface area contributed by atoms with Crippen molar-refractivity contribution >= 4 is 62.8 Å². The van der Waals surface area contributed by atoms with E-state index in [-0.39, 0.29) is 58.7 Å². The summed E-state index contributed by atoms with van der Waals surface area (Å²) in [7, 11) is 6.98. The van der Waals surface area contributed by atoms with E-state index in [1.165, 1.54) is 59.9 Å². The van der Waals surface area contributed by atoms with Crippen molar-refractivity contribution in [2.24, 2.45) is 4.99 Å². The molecule has 0 spiro atoms. The number of amides is 3. The van der Waals surface area contributed by atoms with Gasteiger partial charge in [-0.05, 0) is 51.0 Å². The number of benzene rings is 3. The van der Waals surface area contributed by atoms with Crippen LogP contribution in [0.1, 0.15) is 60.4 Å². The molecule has 2 atom stereocenters. The lowest BCUT2D eigenvalue weighted by Crippen LogP contribution is -2.42. The van der Waals surface area contributed by atoms with Crippen LogP contribution in [0.25, 0.3) is 0 Å². The van der Waals surface area contributed by atoms with Crippen LogP contribution in [0.3, 0.4) is 0 Å². The molecule has 3 aromatic rings. The average molecular weight is 739 g/mol. The van der Waals surface area contributed by atoms with E-state index in [1.807, 2.05) is 52.0 Å². The van der Waals surface area contributed by atoms with Crippen molar-refractivity contribution in [3.8, 4) is 23.0 Å². The first-order valence-corrected chi connectivity index (χ1v) is 18.6. The monoisotopic (exact) mass is 738 g/mol. The topological polar surface area (TPSA) is 148 Å². The van der Waals surface area contributed by atoms with Gasteiger partial charge < -0.3 is 24.6 Å². The van der Waals surface area contributed by atoms with Gasteiger partial charge in [0.2, 0.25) is 11.5 Å². The van der Waals surface area contributed by atoms with Crippen LogP contribution in [-0.4, -0.2) is 79.9 Å². The zero-order valence-electron chi connectivity index (χ0n) is 29.6. The van der Waals surface area contributed by atoms with Crippen molar-refractivity contribution in [3.63, 3.8) is 0 Å². The number of rotatable bonds is 14. The Morgan fingerprint density at radius 1 is 1.08 bits per heavy atom. The van der Waals surface area contributed by atoms with Gasteiger partial charge in [0.15, 0.2) is 11.5 Å². The zero-order chi connectivity index (χ0) is 36.9. The van der Waals surface area contributed by atoms with Crippen molar-refractivity contribution in [3.05, 3.63) is 65.2 Å². The second kappa shape index (κ2) is 16.2. The van der Waals surface area contributed by atoms with Gasteiger partial charge in [0, 0.05) is 43.5 Å². The fourth-order valence-electron chi connectivity index (χ4n) is 5.73. The van der Waals surface area contributed by atoms with E-state index in [0.29, 0.717) is 24.1 Å². The maximum absolute atomic E-state index is 13.8. The second-order valence-corrected chi connectivity index (χ2v) is 15.4. The number of aliphatic hydroxyl groups excluding tert-OH is 1. The van der Waals surface area contributed by atoms with Crippen molar-refractivity contribution in [1.82, 2.24) is 5.32 Å². The summed E-state index contributed by atoms with van der Waals surface area (Å²) < 4.78 is 16.5. The molecule has 0 aliphatic carbocycles. The molecule has 5 rings (SSSR count). The lowest BCUT2D eigenvalue weighted by atomic mass is 10.1. The summed E-state index contributed by atoms with van der Waals surface area (Å²) in [6, 6.07) is 13.2. The summed E-state index contributed by atoms with van der Waals surface area (Å²) in [6.07, 6.45) is 2.27. The third-order valence-corrected chi connectivity index (χ3v) is 11.3. The number of nitrogens with one attached hydrogen (secondary N) is 1. The molecule has 0 aromatic heterocycles. The molecule has 2 N–H and O–H groups in total. The molecule has 2 aliphatic rings. The maximum atomic E-state index is 13.8. The van der Waals surface area contributed by atoms with Crippen LogP contribution in [0, 0.1) is 0 Å². The number of ether oxygens (including phenoxy) is 3. The van der Waals surface area contributed by atoms with Gasteiger partial charge in [-0.15, -0.1) is 0 Å². The highest BCUT2D eigenvalue weighted by Gasteiger charge is 2.37. The minimum absolute atomic E-state index is 0.0441. The summed E-state index contributed by atoms with van der Waals surface area (Å²) in [5.41, 5.74) is 2.97. The first kappa shape index (κ1) is 37.7. The lowest BCUT2D eigenvalue weighted by Gasteiger charge is -2.31. The van der Waals surface area contributed by atoms with Crippen LogP contribution in [0.5, 0.6) is 23.0 Å². The summed E-state index contributed by atoms with van der Waals surface area (Å²) in [6.45, 7) is 7.58. The van der Waals surface area contributed by atoms with Gasteiger partial charge in [0.05, 0.1) is 53.4 Å². The highest BCUT2D eigenvalue weighted by Crippen LogP contribution is 2.43. The predicted molar refractivity (Wildman–Crippen MR) is 199 cm³/mol. The largest absolute Gasteiger partial charge is 0.493 e. The Balaban J connectivity index is 1.48. The van der Waals surface area contributed by atoms with E-state index in [1.54, 1.807) is 23.2 Å². The zero-order valence-corrected chi connectivity index (χ0v) is 31.2. The minimum Gasteiger partial charge on any atom is -0.493 e. The summed E-state index contributed by atoms with van der Waals surface area (Å²) in [4.78, 5) is 60.2. The van der Waals surface area contributed by atoms with Gasteiger partial charge in [-0.1, -0.05) is 46.7 Å². The number of aliphatic hydroxyl groups is 1. The van der Waals surface area contributed by atoms with Gasteiger partial charge in [-0.25, -0.2) is 4.79 Å². The Kier molecular flexibility index (Phi) is 11.9. The summed E-state index contributed by atoms with van der Waals surface area (Å²) in [5, 5.41) is 11.8. The van der Waals surface area contributed by atoms with Gasteiger partial charge in [0.1, 0.15) is 6.61 Å². The highest BCUT2D eigenvalue weighted by atomic mass is 33.1. The molecule has 0 saturated carbocycles. The highest BCUT2D eigenvalue weighted by molar-refractivity contribution is 8.77.